The van der Waals surface area contributed by atoms with Crippen LogP contribution in [0.5, 0.6) is 0 Å². The summed E-state index contributed by atoms with van der Waals surface area (Å²) >= 11 is 0. The minimum atomic E-state index is -4.89. The quantitative estimate of drug-likeness (QED) is 0.834. The van der Waals surface area contributed by atoms with E-state index in [0.29, 0.717) is 12.2 Å². The van der Waals surface area contributed by atoms with E-state index in [4.69, 9.17) is 0 Å². The molecule has 3 amide bonds. The van der Waals surface area contributed by atoms with Gasteiger partial charge in [-0.1, -0.05) is 6.07 Å². The summed E-state index contributed by atoms with van der Waals surface area (Å²) in [6.45, 7) is 2.31. The van der Waals surface area contributed by atoms with Crippen molar-refractivity contribution in [3.63, 3.8) is 0 Å². The smallest absolute Gasteiger partial charge is 0.340 e. The first-order valence-electron chi connectivity index (χ1n) is 8.58. The van der Waals surface area contributed by atoms with Crippen LogP contribution in [0.3, 0.4) is 0 Å². The fourth-order valence-electron chi connectivity index (χ4n) is 3.03. The number of nitrogens with one attached hydrogen (secondary N) is 2. The molecule has 1 saturated heterocycles. The molecule has 0 aliphatic carbocycles. The van der Waals surface area contributed by atoms with Crippen molar-refractivity contribution in [2.75, 3.05) is 26.2 Å². The summed E-state index contributed by atoms with van der Waals surface area (Å²) < 4.78 is 37.6. The third kappa shape index (κ3) is 4.50. The van der Waals surface area contributed by atoms with E-state index in [1.54, 1.807) is 0 Å². The van der Waals surface area contributed by atoms with Gasteiger partial charge in [-0.05, 0) is 31.0 Å². The van der Waals surface area contributed by atoms with Crippen molar-refractivity contribution >= 4 is 23.0 Å². The number of alkyl halides is 3. The zero-order chi connectivity index (χ0) is 19.6. The summed E-state index contributed by atoms with van der Waals surface area (Å²) in [6.07, 6.45) is -4.60. The number of hydrogen-bond donors (Lipinski definition) is 2. The molecule has 0 atom stereocenters. The zero-order valence-electron chi connectivity index (χ0n) is 14.8. The minimum absolute atomic E-state index is 0.0228. The average Bonchev–Trinajstić information content (AvgIpc) is 2.84. The van der Waals surface area contributed by atoms with E-state index in [-0.39, 0.29) is 32.7 Å². The largest absolute Gasteiger partial charge is 0.471 e. The number of H-pyrrole nitrogens is 1. The molecule has 2 N–H and O–H groups in total. The van der Waals surface area contributed by atoms with Crippen molar-refractivity contribution in [3.8, 4) is 0 Å². The van der Waals surface area contributed by atoms with E-state index in [0.717, 1.165) is 21.5 Å². The molecule has 27 heavy (non-hydrogen) atoms. The van der Waals surface area contributed by atoms with Gasteiger partial charge in [-0.25, -0.2) is 9.78 Å². The molecule has 0 saturated carbocycles. The second-order valence-corrected chi connectivity index (χ2v) is 6.49. The average molecular weight is 383 g/mol. The zero-order valence-corrected chi connectivity index (χ0v) is 14.8. The number of amides is 3. The monoisotopic (exact) mass is 383 g/mol. The number of benzene rings is 1. The lowest BCUT2D eigenvalue weighted by Crippen LogP contribution is -2.45. The molecule has 1 aliphatic heterocycles. The van der Waals surface area contributed by atoms with E-state index in [1.807, 2.05) is 25.1 Å². The lowest BCUT2D eigenvalue weighted by atomic mass is 10.2. The van der Waals surface area contributed by atoms with Gasteiger partial charge in [0.25, 0.3) is 0 Å². The molecule has 146 valence electrons. The Balaban J connectivity index is 1.55. The molecule has 0 radical (unpaired) electrons. The fraction of sp³-hybridized carbons (Fsp3) is 0.471. The summed E-state index contributed by atoms with van der Waals surface area (Å²) in [6, 6.07) is 5.38. The Bertz CT molecular complexity index is 849. The molecule has 0 unspecified atom stereocenters. The van der Waals surface area contributed by atoms with Gasteiger partial charge in [0.05, 0.1) is 17.6 Å². The predicted octanol–water partition coefficient (Wildman–Crippen LogP) is 2.18. The Morgan fingerprint density at radius 3 is 2.63 bits per heavy atom. The van der Waals surface area contributed by atoms with Gasteiger partial charge < -0.3 is 20.1 Å². The number of halogens is 3. The van der Waals surface area contributed by atoms with Crippen molar-refractivity contribution in [1.82, 2.24) is 25.1 Å². The number of aromatic nitrogens is 2. The minimum Gasteiger partial charge on any atom is -0.340 e. The van der Waals surface area contributed by atoms with Gasteiger partial charge in [-0.2, -0.15) is 13.2 Å². The van der Waals surface area contributed by atoms with Gasteiger partial charge in [-0.3, -0.25) is 4.79 Å². The maximum Gasteiger partial charge on any atom is 0.471 e. The molecule has 1 fully saturated rings. The van der Waals surface area contributed by atoms with Crippen molar-refractivity contribution < 1.29 is 22.8 Å². The van der Waals surface area contributed by atoms with E-state index in [2.05, 4.69) is 15.3 Å². The topological polar surface area (TPSA) is 81.3 Å². The van der Waals surface area contributed by atoms with Crippen molar-refractivity contribution in [1.29, 1.82) is 0 Å². The fourth-order valence-corrected chi connectivity index (χ4v) is 3.03. The number of hydrogen-bond acceptors (Lipinski definition) is 3. The number of imidazole rings is 1. The van der Waals surface area contributed by atoms with E-state index in [1.165, 1.54) is 4.90 Å². The summed E-state index contributed by atoms with van der Waals surface area (Å²) in [4.78, 5) is 33.3. The highest BCUT2D eigenvalue weighted by Gasteiger charge is 2.42. The van der Waals surface area contributed by atoms with Crippen LogP contribution in [0, 0.1) is 6.92 Å². The Morgan fingerprint density at radius 1 is 1.19 bits per heavy atom. The van der Waals surface area contributed by atoms with Gasteiger partial charge in [0.1, 0.15) is 5.82 Å². The van der Waals surface area contributed by atoms with E-state index >= 15 is 0 Å². The maximum absolute atomic E-state index is 12.5. The van der Waals surface area contributed by atoms with Gasteiger partial charge in [0, 0.05) is 26.2 Å². The lowest BCUT2D eigenvalue weighted by Gasteiger charge is -2.23. The third-order valence-corrected chi connectivity index (χ3v) is 4.41. The predicted molar refractivity (Wildman–Crippen MR) is 91.9 cm³/mol. The van der Waals surface area contributed by atoms with Gasteiger partial charge in [0.15, 0.2) is 0 Å². The molecule has 1 aliphatic rings. The van der Waals surface area contributed by atoms with Crippen LogP contribution in [0.1, 0.15) is 17.8 Å². The number of carbonyl (C=O) groups is 2. The Morgan fingerprint density at radius 2 is 1.89 bits per heavy atom. The summed E-state index contributed by atoms with van der Waals surface area (Å²) in [5.41, 5.74) is 2.75. The molecular formula is C17H20F3N5O2. The van der Waals surface area contributed by atoms with Crippen LogP contribution in [0.15, 0.2) is 18.2 Å². The van der Waals surface area contributed by atoms with Crippen molar-refractivity contribution in [2.24, 2.45) is 0 Å². The number of urea groups is 1. The molecular weight excluding hydrogens is 363 g/mol. The second-order valence-electron chi connectivity index (χ2n) is 6.49. The molecule has 2 heterocycles. The number of aromatic amines is 1. The van der Waals surface area contributed by atoms with Crippen LogP contribution in [0.2, 0.25) is 0 Å². The molecule has 3 rings (SSSR count). The van der Waals surface area contributed by atoms with Crippen LogP contribution in [-0.2, 0) is 11.3 Å². The van der Waals surface area contributed by atoms with Gasteiger partial charge in [-0.15, -0.1) is 0 Å². The van der Waals surface area contributed by atoms with Crippen LogP contribution >= 0.6 is 0 Å². The highest BCUT2D eigenvalue weighted by atomic mass is 19.4. The van der Waals surface area contributed by atoms with Crippen LogP contribution in [-0.4, -0.2) is 64.1 Å². The number of carbonyl (C=O) groups excluding carboxylic acids is 2. The standard InChI is InChI=1S/C17H20F3N5O2/c1-11-3-4-12-13(9-11)23-14(22-12)10-21-16(27)25-6-2-5-24(7-8-25)15(26)17(18,19)20/h3-4,9H,2,5-8,10H2,1H3,(H,21,27)(H,22,23). The second kappa shape index (κ2) is 7.45. The van der Waals surface area contributed by atoms with Gasteiger partial charge in [0.2, 0.25) is 0 Å². The number of aryl methyl sites for hydroxylation is 1. The molecule has 1 aromatic carbocycles. The number of nitrogens with zero attached hydrogens (tertiary/aromatic N) is 3. The first-order chi connectivity index (χ1) is 12.7. The van der Waals surface area contributed by atoms with Crippen LogP contribution < -0.4 is 5.32 Å². The Kier molecular flexibility index (Phi) is 5.24. The summed E-state index contributed by atoms with van der Waals surface area (Å²) in [5, 5.41) is 2.71. The molecule has 0 spiro atoms. The van der Waals surface area contributed by atoms with Crippen molar-refractivity contribution in [3.05, 3.63) is 29.6 Å². The van der Waals surface area contributed by atoms with E-state index in [9.17, 15) is 22.8 Å². The lowest BCUT2D eigenvalue weighted by molar-refractivity contribution is -0.185. The van der Waals surface area contributed by atoms with Crippen molar-refractivity contribution in [2.45, 2.75) is 26.1 Å². The maximum atomic E-state index is 12.5. The summed E-state index contributed by atoms with van der Waals surface area (Å²) in [5.74, 6) is -1.27. The number of rotatable bonds is 2. The third-order valence-electron chi connectivity index (χ3n) is 4.41. The molecule has 7 nitrogen and oxygen atoms in total. The molecule has 1 aromatic heterocycles. The van der Waals surface area contributed by atoms with E-state index < -0.39 is 18.1 Å². The highest BCUT2D eigenvalue weighted by molar-refractivity contribution is 5.82. The molecule has 0 bridgehead atoms. The normalized spacial score (nSPS) is 15.7. The summed E-state index contributed by atoms with van der Waals surface area (Å²) in [7, 11) is 0. The van der Waals surface area contributed by atoms with Gasteiger partial charge >= 0.3 is 18.1 Å². The molecule has 10 heteroatoms. The Hall–Kier alpha value is -2.78. The SMILES string of the molecule is Cc1ccc2nc(CNC(=O)N3CCCN(C(=O)C(F)(F)F)CC3)[nH]c2c1. The number of fused-ring (bicyclic) bond motifs is 1. The van der Waals surface area contributed by atoms with Crippen LogP contribution in [0.4, 0.5) is 18.0 Å². The first kappa shape index (κ1) is 19.0. The Labute approximate surface area is 153 Å². The highest BCUT2D eigenvalue weighted by Crippen LogP contribution is 2.19. The first-order valence-corrected chi connectivity index (χ1v) is 8.58. The van der Waals surface area contributed by atoms with Crippen LogP contribution in [0.25, 0.3) is 11.0 Å². The molecule has 2 aromatic rings.